The molecule has 0 radical (unpaired) electrons. The van der Waals surface area contributed by atoms with Crippen LogP contribution in [0.2, 0.25) is 0 Å². The summed E-state index contributed by atoms with van der Waals surface area (Å²) in [6.07, 6.45) is 2.92. The smallest absolute Gasteiger partial charge is 0.222 e. The quantitative estimate of drug-likeness (QED) is 0.726. The molecule has 2 heterocycles. The summed E-state index contributed by atoms with van der Waals surface area (Å²) in [5.41, 5.74) is 0. The van der Waals surface area contributed by atoms with Crippen molar-refractivity contribution in [2.75, 3.05) is 26.2 Å². The molecule has 3 heteroatoms. The van der Waals surface area contributed by atoms with E-state index in [9.17, 15) is 4.79 Å². The summed E-state index contributed by atoms with van der Waals surface area (Å²) in [5.74, 6) is 1.85. The zero-order valence-electron chi connectivity index (χ0n) is 8.96. The minimum Gasteiger partial charge on any atom is -0.342 e. The van der Waals surface area contributed by atoms with Gasteiger partial charge in [0, 0.05) is 32.6 Å². The van der Waals surface area contributed by atoms with Gasteiger partial charge in [0.1, 0.15) is 0 Å². The van der Waals surface area contributed by atoms with Crippen molar-refractivity contribution in [2.24, 2.45) is 11.8 Å². The first-order valence-electron chi connectivity index (χ1n) is 5.79. The van der Waals surface area contributed by atoms with Gasteiger partial charge in [0.15, 0.2) is 0 Å². The van der Waals surface area contributed by atoms with E-state index in [0.717, 1.165) is 57.3 Å². The molecule has 0 spiro atoms. The van der Waals surface area contributed by atoms with Gasteiger partial charge in [-0.25, -0.2) is 0 Å². The van der Waals surface area contributed by atoms with Crippen molar-refractivity contribution >= 4 is 5.91 Å². The predicted octanol–water partition coefficient (Wildman–Crippen LogP) is 0.854. The Hall–Kier alpha value is -0.570. The molecule has 2 aliphatic rings. The third-order valence-electron chi connectivity index (χ3n) is 3.49. The molecule has 0 aliphatic carbocycles. The lowest BCUT2D eigenvalue weighted by Crippen LogP contribution is -2.31. The van der Waals surface area contributed by atoms with Crippen molar-refractivity contribution in [3.63, 3.8) is 0 Å². The average Bonchev–Trinajstić information content (AvgIpc) is 2.72. The maximum absolute atomic E-state index is 11.7. The van der Waals surface area contributed by atoms with Crippen LogP contribution in [0, 0.1) is 11.8 Å². The first-order chi connectivity index (χ1) is 6.81. The highest BCUT2D eigenvalue weighted by molar-refractivity contribution is 5.76. The Kier molecular flexibility index (Phi) is 3.06. The lowest BCUT2D eigenvalue weighted by Gasteiger charge is -2.17. The van der Waals surface area contributed by atoms with Crippen molar-refractivity contribution in [2.45, 2.75) is 26.2 Å². The van der Waals surface area contributed by atoms with Crippen LogP contribution in [0.1, 0.15) is 26.2 Å². The van der Waals surface area contributed by atoms with Gasteiger partial charge in [-0.1, -0.05) is 13.3 Å². The van der Waals surface area contributed by atoms with E-state index in [0.29, 0.717) is 5.91 Å². The van der Waals surface area contributed by atoms with Crippen LogP contribution in [0.15, 0.2) is 0 Å². The highest BCUT2D eigenvalue weighted by Crippen LogP contribution is 2.26. The van der Waals surface area contributed by atoms with E-state index in [2.05, 4.69) is 17.1 Å². The van der Waals surface area contributed by atoms with E-state index in [1.807, 2.05) is 0 Å². The molecule has 2 fully saturated rings. The second-order valence-electron chi connectivity index (χ2n) is 4.58. The fourth-order valence-electron chi connectivity index (χ4n) is 2.55. The maximum atomic E-state index is 11.7. The summed E-state index contributed by atoms with van der Waals surface area (Å²) in [6.45, 7) is 6.36. The van der Waals surface area contributed by atoms with Crippen LogP contribution in [-0.4, -0.2) is 37.0 Å². The fourth-order valence-corrected chi connectivity index (χ4v) is 2.55. The van der Waals surface area contributed by atoms with Gasteiger partial charge in [0.05, 0.1) is 0 Å². The largest absolute Gasteiger partial charge is 0.342 e. The number of rotatable bonds is 3. The van der Waals surface area contributed by atoms with Gasteiger partial charge >= 0.3 is 0 Å². The molecule has 0 aromatic heterocycles. The standard InChI is InChI=1S/C11H20N2O/c1-2-3-4-11(14)13-7-9-5-12-6-10(9)8-13/h9-10,12H,2-8H2,1H3. The SMILES string of the molecule is CCCCC(=O)N1CC2CNCC2C1. The second kappa shape index (κ2) is 4.30. The number of amides is 1. The Morgan fingerprint density at radius 3 is 2.57 bits per heavy atom. The van der Waals surface area contributed by atoms with E-state index in [1.165, 1.54) is 0 Å². The van der Waals surface area contributed by atoms with E-state index < -0.39 is 0 Å². The molecule has 2 unspecified atom stereocenters. The second-order valence-corrected chi connectivity index (χ2v) is 4.58. The summed E-state index contributed by atoms with van der Waals surface area (Å²) in [6, 6.07) is 0. The first kappa shape index (κ1) is 9.97. The summed E-state index contributed by atoms with van der Waals surface area (Å²) >= 11 is 0. The Balaban J connectivity index is 1.80. The number of hydrogen-bond donors (Lipinski definition) is 1. The third-order valence-corrected chi connectivity index (χ3v) is 3.49. The zero-order valence-corrected chi connectivity index (χ0v) is 8.96. The molecule has 1 N–H and O–H groups in total. The van der Waals surface area contributed by atoms with E-state index in [-0.39, 0.29) is 0 Å². The molecule has 3 nitrogen and oxygen atoms in total. The number of fused-ring (bicyclic) bond motifs is 1. The average molecular weight is 196 g/mol. The summed E-state index contributed by atoms with van der Waals surface area (Å²) < 4.78 is 0. The molecule has 0 aromatic rings. The number of hydrogen-bond acceptors (Lipinski definition) is 2. The number of nitrogens with one attached hydrogen (secondary N) is 1. The van der Waals surface area contributed by atoms with Gasteiger partial charge in [-0.05, 0) is 18.3 Å². The van der Waals surface area contributed by atoms with Crippen molar-refractivity contribution in [1.82, 2.24) is 10.2 Å². The zero-order chi connectivity index (χ0) is 9.97. The molecule has 80 valence electrons. The molecule has 2 aliphatic heterocycles. The number of unbranched alkanes of at least 4 members (excludes halogenated alkanes) is 1. The summed E-state index contributed by atoms with van der Waals surface area (Å²) in [4.78, 5) is 13.8. The van der Waals surface area contributed by atoms with Crippen LogP contribution in [-0.2, 0) is 4.79 Å². The lowest BCUT2D eigenvalue weighted by atomic mass is 10.0. The molecule has 1 amide bonds. The Labute approximate surface area is 85.8 Å². The minimum absolute atomic E-state index is 0.376. The maximum Gasteiger partial charge on any atom is 0.222 e. The van der Waals surface area contributed by atoms with Crippen LogP contribution < -0.4 is 5.32 Å². The molecule has 2 saturated heterocycles. The van der Waals surface area contributed by atoms with E-state index in [1.54, 1.807) is 0 Å². The van der Waals surface area contributed by atoms with Crippen LogP contribution in [0.25, 0.3) is 0 Å². The lowest BCUT2D eigenvalue weighted by molar-refractivity contribution is -0.130. The van der Waals surface area contributed by atoms with Crippen molar-refractivity contribution in [1.29, 1.82) is 0 Å². The van der Waals surface area contributed by atoms with Crippen LogP contribution in [0.5, 0.6) is 0 Å². The Bertz CT molecular complexity index is 205. The van der Waals surface area contributed by atoms with Crippen molar-refractivity contribution < 1.29 is 4.79 Å². The number of carbonyl (C=O) groups is 1. The topological polar surface area (TPSA) is 32.3 Å². The molecule has 0 bridgehead atoms. The van der Waals surface area contributed by atoms with E-state index in [4.69, 9.17) is 0 Å². The highest BCUT2D eigenvalue weighted by atomic mass is 16.2. The fraction of sp³-hybridized carbons (Fsp3) is 0.909. The monoisotopic (exact) mass is 196 g/mol. The normalized spacial score (nSPS) is 30.8. The summed E-state index contributed by atoms with van der Waals surface area (Å²) in [5, 5.41) is 3.39. The molecule has 0 saturated carbocycles. The number of carbonyl (C=O) groups excluding carboxylic acids is 1. The van der Waals surface area contributed by atoms with Crippen LogP contribution in [0.3, 0.4) is 0 Å². The first-order valence-corrected chi connectivity index (χ1v) is 5.79. The molecular formula is C11H20N2O. The number of likely N-dealkylation sites (tertiary alicyclic amines) is 1. The van der Waals surface area contributed by atoms with Gasteiger partial charge in [-0.2, -0.15) is 0 Å². The van der Waals surface area contributed by atoms with E-state index >= 15 is 0 Å². The van der Waals surface area contributed by atoms with Gasteiger partial charge in [-0.15, -0.1) is 0 Å². The van der Waals surface area contributed by atoms with Gasteiger partial charge in [0.25, 0.3) is 0 Å². The molecule has 2 atom stereocenters. The minimum atomic E-state index is 0.376. The Morgan fingerprint density at radius 2 is 2.00 bits per heavy atom. The van der Waals surface area contributed by atoms with Crippen molar-refractivity contribution in [3.8, 4) is 0 Å². The van der Waals surface area contributed by atoms with Crippen LogP contribution in [0.4, 0.5) is 0 Å². The number of nitrogens with zero attached hydrogens (tertiary/aromatic N) is 1. The highest BCUT2D eigenvalue weighted by Gasteiger charge is 2.37. The Morgan fingerprint density at radius 1 is 1.36 bits per heavy atom. The third kappa shape index (κ3) is 1.92. The van der Waals surface area contributed by atoms with Gasteiger partial charge in [-0.3, -0.25) is 4.79 Å². The molecule has 14 heavy (non-hydrogen) atoms. The van der Waals surface area contributed by atoms with Gasteiger partial charge < -0.3 is 10.2 Å². The predicted molar refractivity (Wildman–Crippen MR) is 56.0 cm³/mol. The summed E-state index contributed by atoms with van der Waals surface area (Å²) in [7, 11) is 0. The molecule has 0 aromatic carbocycles. The molecule has 2 rings (SSSR count). The van der Waals surface area contributed by atoms with Crippen LogP contribution >= 0.6 is 0 Å². The molecular weight excluding hydrogens is 176 g/mol. The van der Waals surface area contributed by atoms with Gasteiger partial charge in [0.2, 0.25) is 5.91 Å². The van der Waals surface area contributed by atoms with Crippen molar-refractivity contribution in [3.05, 3.63) is 0 Å².